The highest BCUT2D eigenvalue weighted by molar-refractivity contribution is 5.92. The summed E-state index contributed by atoms with van der Waals surface area (Å²) in [5.74, 6) is 1.28. The molecular weight excluding hydrogens is 304 g/mol. The van der Waals surface area contributed by atoms with Crippen LogP contribution < -0.4 is 20.5 Å². The maximum absolute atomic E-state index is 11.9. The molecule has 0 saturated heterocycles. The summed E-state index contributed by atoms with van der Waals surface area (Å²) in [7, 11) is 1.59. The van der Waals surface area contributed by atoms with Gasteiger partial charge in [-0.25, -0.2) is 0 Å². The maximum Gasteiger partial charge on any atom is 0.224 e. The number of carbonyl (C=O) groups excluding carboxylic acids is 1. The predicted molar refractivity (Wildman–Crippen MR) is 92.2 cm³/mol. The van der Waals surface area contributed by atoms with Gasteiger partial charge in [-0.15, -0.1) is 12.4 Å². The highest BCUT2D eigenvalue weighted by Gasteiger charge is 2.10. The topological polar surface area (TPSA) is 73.6 Å². The Kier molecular flexibility index (Phi) is 10.4. The molecule has 0 aliphatic heterocycles. The van der Waals surface area contributed by atoms with Crippen LogP contribution in [0.25, 0.3) is 0 Å². The molecule has 6 heteroatoms. The van der Waals surface area contributed by atoms with Crippen LogP contribution in [0.5, 0.6) is 11.5 Å². The van der Waals surface area contributed by atoms with Gasteiger partial charge in [0.05, 0.1) is 19.4 Å². The van der Waals surface area contributed by atoms with E-state index in [9.17, 15) is 4.79 Å². The highest BCUT2D eigenvalue weighted by Crippen LogP contribution is 2.29. The first-order valence-corrected chi connectivity index (χ1v) is 7.43. The van der Waals surface area contributed by atoms with Crippen molar-refractivity contribution >= 4 is 24.0 Å². The van der Waals surface area contributed by atoms with E-state index in [4.69, 9.17) is 15.2 Å². The van der Waals surface area contributed by atoms with E-state index in [-0.39, 0.29) is 24.4 Å². The van der Waals surface area contributed by atoms with E-state index in [2.05, 4.69) is 12.2 Å². The zero-order valence-electron chi connectivity index (χ0n) is 13.6. The number of carbonyl (C=O) groups is 1. The number of anilines is 1. The molecule has 0 aliphatic carbocycles. The second kappa shape index (κ2) is 11.2. The van der Waals surface area contributed by atoms with E-state index in [1.165, 1.54) is 0 Å². The number of methoxy groups -OCH3 is 1. The van der Waals surface area contributed by atoms with E-state index in [1.807, 2.05) is 19.1 Å². The average molecular weight is 331 g/mol. The third-order valence-electron chi connectivity index (χ3n) is 3.04. The second-order valence-corrected chi connectivity index (χ2v) is 5.13. The summed E-state index contributed by atoms with van der Waals surface area (Å²) >= 11 is 0. The van der Waals surface area contributed by atoms with Crippen LogP contribution in [0.3, 0.4) is 0 Å². The van der Waals surface area contributed by atoms with Gasteiger partial charge in [-0.3, -0.25) is 4.79 Å². The smallest absolute Gasteiger partial charge is 0.224 e. The first kappa shape index (κ1) is 20.5. The molecule has 3 N–H and O–H groups in total. The lowest BCUT2D eigenvalue weighted by Crippen LogP contribution is -2.19. The maximum atomic E-state index is 11.9. The van der Waals surface area contributed by atoms with Crippen molar-refractivity contribution in [3.05, 3.63) is 18.2 Å². The van der Waals surface area contributed by atoms with Crippen LogP contribution in [0.4, 0.5) is 5.69 Å². The molecule has 0 spiro atoms. The quantitative estimate of drug-likeness (QED) is 0.681. The number of hydrogen-bond acceptors (Lipinski definition) is 4. The minimum absolute atomic E-state index is 0. The van der Waals surface area contributed by atoms with Crippen molar-refractivity contribution in [2.45, 2.75) is 45.6 Å². The Hall–Kier alpha value is -1.46. The molecule has 0 heterocycles. The summed E-state index contributed by atoms with van der Waals surface area (Å²) in [5.41, 5.74) is 6.30. The summed E-state index contributed by atoms with van der Waals surface area (Å²) in [6, 6.07) is 5.42. The van der Waals surface area contributed by atoms with Crippen molar-refractivity contribution in [2.24, 2.45) is 5.73 Å². The predicted octanol–water partition coefficient (Wildman–Crippen LogP) is 3.36. The summed E-state index contributed by atoms with van der Waals surface area (Å²) < 4.78 is 10.9. The Morgan fingerprint density at radius 1 is 1.41 bits per heavy atom. The first-order chi connectivity index (χ1) is 10.1. The lowest BCUT2D eigenvalue weighted by atomic mass is 10.2. The number of nitrogens with one attached hydrogen (secondary N) is 1. The lowest BCUT2D eigenvalue weighted by molar-refractivity contribution is -0.116. The molecule has 1 aromatic rings. The van der Waals surface area contributed by atoms with Crippen LogP contribution in [0.2, 0.25) is 0 Å². The van der Waals surface area contributed by atoms with Crippen LogP contribution in [0, 0.1) is 0 Å². The molecule has 0 saturated carbocycles. The molecule has 0 aliphatic rings. The number of nitrogens with two attached hydrogens (primary N) is 1. The second-order valence-electron chi connectivity index (χ2n) is 5.13. The Bertz CT molecular complexity index is 453. The molecule has 126 valence electrons. The van der Waals surface area contributed by atoms with Gasteiger partial charge in [0.1, 0.15) is 11.5 Å². The van der Waals surface area contributed by atoms with Gasteiger partial charge in [0.25, 0.3) is 0 Å². The number of ether oxygens (including phenoxy) is 2. The average Bonchev–Trinajstić information content (AvgIpc) is 2.46. The third-order valence-corrected chi connectivity index (χ3v) is 3.04. The Labute approximate surface area is 139 Å². The highest BCUT2D eigenvalue weighted by atomic mass is 35.5. The molecule has 0 aromatic heterocycles. The fourth-order valence-corrected chi connectivity index (χ4v) is 1.76. The van der Waals surface area contributed by atoms with Crippen molar-refractivity contribution in [1.29, 1.82) is 0 Å². The largest absolute Gasteiger partial charge is 0.497 e. The number of unbranched alkanes of at least 4 members (excludes halogenated alkanes) is 1. The molecule has 1 atom stereocenters. The molecule has 1 unspecified atom stereocenters. The zero-order chi connectivity index (χ0) is 15.7. The number of hydrogen-bond donors (Lipinski definition) is 2. The molecule has 0 fully saturated rings. The summed E-state index contributed by atoms with van der Waals surface area (Å²) in [6.07, 6.45) is 3.08. The van der Waals surface area contributed by atoms with Crippen molar-refractivity contribution in [1.82, 2.24) is 0 Å². The van der Waals surface area contributed by atoms with Crippen LogP contribution >= 0.6 is 12.4 Å². The number of rotatable bonds is 9. The number of benzene rings is 1. The van der Waals surface area contributed by atoms with E-state index >= 15 is 0 Å². The molecule has 1 rings (SSSR count). The molecule has 1 amide bonds. The van der Waals surface area contributed by atoms with Crippen molar-refractivity contribution in [2.75, 3.05) is 19.0 Å². The summed E-state index contributed by atoms with van der Waals surface area (Å²) in [5, 5.41) is 2.87. The van der Waals surface area contributed by atoms with Gasteiger partial charge in [0.2, 0.25) is 5.91 Å². The van der Waals surface area contributed by atoms with Gasteiger partial charge in [-0.05, 0) is 31.9 Å². The normalized spacial score (nSPS) is 11.3. The van der Waals surface area contributed by atoms with E-state index in [0.29, 0.717) is 36.6 Å². The van der Waals surface area contributed by atoms with E-state index in [0.717, 1.165) is 12.8 Å². The van der Waals surface area contributed by atoms with Gasteiger partial charge >= 0.3 is 0 Å². The van der Waals surface area contributed by atoms with E-state index in [1.54, 1.807) is 13.2 Å². The fourth-order valence-electron chi connectivity index (χ4n) is 1.76. The minimum atomic E-state index is -0.0686. The monoisotopic (exact) mass is 330 g/mol. The van der Waals surface area contributed by atoms with Gasteiger partial charge < -0.3 is 20.5 Å². The first-order valence-electron chi connectivity index (χ1n) is 7.43. The summed E-state index contributed by atoms with van der Waals surface area (Å²) in [4.78, 5) is 11.9. The van der Waals surface area contributed by atoms with Gasteiger partial charge in [0.15, 0.2) is 0 Å². The van der Waals surface area contributed by atoms with Crippen molar-refractivity contribution < 1.29 is 14.3 Å². The van der Waals surface area contributed by atoms with Gasteiger partial charge in [-0.2, -0.15) is 0 Å². The molecule has 0 radical (unpaired) electrons. The summed E-state index contributed by atoms with van der Waals surface area (Å²) in [6.45, 7) is 4.62. The van der Waals surface area contributed by atoms with Crippen molar-refractivity contribution in [3.8, 4) is 11.5 Å². The standard InChI is InChI=1S/C16H26N2O3.ClH/c1-4-5-10-21-15-8-7-13(20-3)11-14(15)18-16(19)9-6-12(2)17;/h7-8,11-12H,4-6,9-10,17H2,1-3H3,(H,18,19);1H. The van der Waals surface area contributed by atoms with Crippen LogP contribution in [0.1, 0.15) is 39.5 Å². The molecule has 5 nitrogen and oxygen atoms in total. The molecular formula is C16H27ClN2O3. The lowest BCUT2D eigenvalue weighted by Gasteiger charge is -2.14. The zero-order valence-corrected chi connectivity index (χ0v) is 14.4. The minimum Gasteiger partial charge on any atom is -0.497 e. The molecule has 0 bridgehead atoms. The van der Waals surface area contributed by atoms with Crippen LogP contribution in [-0.4, -0.2) is 25.7 Å². The Morgan fingerprint density at radius 2 is 2.14 bits per heavy atom. The SMILES string of the molecule is CCCCOc1ccc(OC)cc1NC(=O)CCC(C)N.Cl. The third kappa shape index (κ3) is 7.52. The Morgan fingerprint density at radius 3 is 2.73 bits per heavy atom. The number of halogens is 1. The van der Waals surface area contributed by atoms with Crippen LogP contribution in [-0.2, 0) is 4.79 Å². The van der Waals surface area contributed by atoms with E-state index < -0.39 is 0 Å². The molecule has 22 heavy (non-hydrogen) atoms. The van der Waals surface area contributed by atoms with Crippen LogP contribution in [0.15, 0.2) is 18.2 Å². The van der Waals surface area contributed by atoms with Crippen molar-refractivity contribution in [3.63, 3.8) is 0 Å². The fraction of sp³-hybridized carbons (Fsp3) is 0.562. The van der Waals surface area contributed by atoms with Gasteiger partial charge in [-0.1, -0.05) is 13.3 Å². The molecule has 1 aromatic carbocycles. The number of amides is 1. The Balaban J connectivity index is 0.00000441. The van der Waals surface area contributed by atoms with Gasteiger partial charge in [0, 0.05) is 18.5 Å².